The third-order valence-electron chi connectivity index (χ3n) is 7.31. The molecule has 0 radical (unpaired) electrons. The number of nitrogens with one attached hydrogen (secondary N) is 3. The van der Waals surface area contributed by atoms with E-state index in [0.29, 0.717) is 16.4 Å². The number of carbonyl (C=O) groups excluding carboxylic acids is 3. The number of thioether (sulfide) groups is 1. The molecule has 1 atom stereocenters. The minimum atomic E-state index is -0.623. The van der Waals surface area contributed by atoms with Crippen LogP contribution in [-0.2, 0) is 9.59 Å². The molecule has 10 heteroatoms. The molecule has 7 nitrogen and oxygen atoms in total. The zero-order valence-corrected chi connectivity index (χ0v) is 27.3. The molecule has 0 saturated carbocycles. The van der Waals surface area contributed by atoms with Crippen LogP contribution in [0.2, 0.25) is 0 Å². The Labute approximate surface area is 284 Å². The lowest BCUT2D eigenvalue weighted by atomic mass is 10.1. The smallest absolute Gasteiger partial charge is 0.272 e. The van der Waals surface area contributed by atoms with Crippen LogP contribution >= 0.6 is 23.1 Å². The van der Waals surface area contributed by atoms with Crippen LogP contribution < -0.4 is 16.0 Å². The zero-order chi connectivity index (χ0) is 33.5. The van der Waals surface area contributed by atoms with Crippen LogP contribution in [0.15, 0.2) is 137 Å². The fourth-order valence-corrected chi connectivity index (χ4v) is 6.37. The molecule has 0 spiro atoms. The van der Waals surface area contributed by atoms with Gasteiger partial charge in [-0.15, -0.1) is 23.1 Å². The second kappa shape index (κ2) is 14.9. The van der Waals surface area contributed by atoms with Crippen molar-refractivity contribution in [1.82, 2.24) is 10.3 Å². The van der Waals surface area contributed by atoms with Crippen molar-refractivity contribution in [1.29, 1.82) is 0 Å². The van der Waals surface area contributed by atoms with Crippen molar-refractivity contribution in [3.8, 4) is 11.3 Å². The molecular formula is C38H29FN4O3S2. The van der Waals surface area contributed by atoms with Crippen molar-refractivity contribution in [2.45, 2.75) is 17.1 Å². The number of nitrogens with zero attached hydrogens (tertiary/aromatic N) is 1. The second-order valence-corrected chi connectivity index (χ2v) is 13.0. The SMILES string of the molecule is CC(Sc1ccc(NC(=O)/C(=C/c2ccccc2F)NC(=O)c2ccccc2)cc1)C(=O)Nc1nc(-c2ccc3ccccc3c2)cs1. The Kier molecular flexibility index (Phi) is 10.0. The third-order valence-corrected chi connectivity index (χ3v) is 9.18. The second-order valence-electron chi connectivity index (χ2n) is 10.7. The number of benzene rings is 5. The predicted octanol–water partition coefficient (Wildman–Crippen LogP) is 8.63. The summed E-state index contributed by atoms with van der Waals surface area (Å²) in [5, 5.41) is 12.6. The number of fused-ring (bicyclic) bond motifs is 1. The summed E-state index contributed by atoms with van der Waals surface area (Å²) in [5.41, 5.74) is 2.61. The molecule has 0 fully saturated rings. The van der Waals surface area contributed by atoms with E-state index < -0.39 is 22.9 Å². The van der Waals surface area contributed by atoms with Gasteiger partial charge in [0.05, 0.1) is 10.9 Å². The Morgan fingerprint density at radius 3 is 2.29 bits per heavy atom. The van der Waals surface area contributed by atoms with Gasteiger partial charge in [-0.1, -0.05) is 72.8 Å². The van der Waals surface area contributed by atoms with E-state index in [0.717, 1.165) is 26.9 Å². The highest BCUT2D eigenvalue weighted by Crippen LogP contribution is 2.30. The number of amides is 3. The standard InChI is InChI=1S/C38H29FN4O3S2/c1-24(35(44)43-38-42-34(23-47-38)29-16-15-25-9-5-6-12-27(25)21-29)48-31-19-17-30(18-20-31)40-37(46)33(22-28-13-7-8-14-32(28)39)41-36(45)26-10-3-2-4-11-26/h2-24H,1H3,(H,40,46)(H,41,45)(H,42,43,44)/b33-22-. The van der Waals surface area contributed by atoms with Crippen molar-refractivity contribution >= 4 is 68.5 Å². The summed E-state index contributed by atoms with van der Waals surface area (Å²) in [7, 11) is 0. The molecule has 6 aromatic rings. The first-order valence-electron chi connectivity index (χ1n) is 15.0. The van der Waals surface area contributed by atoms with Crippen molar-refractivity contribution in [2.75, 3.05) is 10.6 Å². The van der Waals surface area contributed by atoms with Crippen LogP contribution in [0.3, 0.4) is 0 Å². The molecule has 5 aromatic carbocycles. The number of aromatic nitrogens is 1. The van der Waals surface area contributed by atoms with E-state index in [1.54, 1.807) is 66.7 Å². The number of carbonyl (C=O) groups is 3. The third kappa shape index (κ3) is 8.03. The molecule has 0 bridgehead atoms. The summed E-state index contributed by atoms with van der Waals surface area (Å²) in [6.07, 6.45) is 1.29. The molecule has 1 aromatic heterocycles. The maximum atomic E-state index is 14.4. The molecule has 3 N–H and O–H groups in total. The van der Waals surface area contributed by atoms with Crippen molar-refractivity contribution < 1.29 is 18.8 Å². The zero-order valence-electron chi connectivity index (χ0n) is 25.6. The van der Waals surface area contributed by atoms with Crippen molar-refractivity contribution in [3.05, 3.63) is 149 Å². The molecule has 0 aliphatic carbocycles. The summed E-state index contributed by atoms with van der Waals surface area (Å²) in [6.45, 7) is 1.81. The number of rotatable bonds is 10. The number of hydrogen-bond donors (Lipinski definition) is 3. The fourth-order valence-electron chi connectivity index (χ4n) is 4.78. The monoisotopic (exact) mass is 672 g/mol. The topological polar surface area (TPSA) is 100 Å². The van der Waals surface area contributed by atoms with Gasteiger partial charge in [0.1, 0.15) is 11.5 Å². The van der Waals surface area contributed by atoms with Gasteiger partial charge >= 0.3 is 0 Å². The molecule has 6 rings (SSSR count). The molecule has 3 amide bonds. The van der Waals surface area contributed by atoms with Gasteiger partial charge < -0.3 is 16.0 Å². The molecule has 48 heavy (non-hydrogen) atoms. The fraction of sp³-hybridized carbons (Fsp3) is 0.0526. The average Bonchev–Trinajstić information content (AvgIpc) is 3.58. The molecule has 1 unspecified atom stereocenters. The first-order chi connectivity index (χ1) is 23.3. The predicted molar refractivity (Wildman–Crippen MR) is 192 cm³/mol. The van der Waals surface area contributed by atoms with E-state index in [4.69, 9.17) is 0 Å². The first-order valence-corrected chi connectivity index (χ1v) is 16.7. The lowest BCUT2D eigenvalue weighted by molar-refractivity contribution is -0.115. The maximum absolute atomic E-state index is 14.4. The van der Waals surface area contributed by atoms with E-state index >= 15 is 0 Å². The van der Waals surface area contributed by atoms with E-state index in [2.05, 4.69) is 45.2 Å². The average molecular weight is 673 g/mol. The van der Waals surface area contributed by atoms with Crippen LogP contribution in [0.5, 0.6) is 0 Å². The Bertz CT molecular complexity index is 2130. The van der Waals surface area contributed by atoms with E-state index in [1.165, 1.54) is 41.3 Å². The minimum absolute atomic E-state index is 0.122. The largest absolute Gasteiger partial charge is 0.321 e. The van der Waals surface area contributed by atoms with Gasteiger partial charge in [0.25, 0.3) is 11.8 Å². The number of halogens is 1. The highest BCUT2D eigenvalue weighted by atomic mass is 32.2. The first kappa shape index (κ1) is 32.4. The number of anilines is 2. The van der Waals surface area contributed by atoms with Gasteiger partial charge in [0, 0.05) is 32.7 Å². The normalized spacial score (nSPS) is 11.9. The highest BCUT2D eigenvalue weighted by Gasteiger charge is 2.18. The Morgan fingerprint density at radius 2 is 1.52 bits per heavy atom. The molecular weight excluding hydrogens is 644 g/mol. The van der Waals surface area contributed by atoms with Gasteiger partial charge in [0.15, 0.2) is 5.13 Å². The lowest BCUT2D eigenvalue weighted by Gasteiger charge is -2.13. The summed E-state index contributed by atoms with van der Waals surface area (Å²) in [6, 6.07) is 35.7. The Morgan fingerprint density at radius 1 is 0.812 bits per heavy atom. The molecule has 0 aliphatic rings. The Hall–Kier alpha value is -5.58. The summed E-state index contributed by atoms with van der Waals surface area (Å²) >= 11 is 2.73. The van der Waals surface area contributed by atoms with Gasteiger partial charge in [-0.05, 0) is 72.3 Å². The van der Waals surface area contributed by atoms with Crippen LogP contribution in [0, 0.1) is 5.82 Å². The number of hydrogen-bond acceptors (Lipinski definition) is 6. The maximum Gasteiger partial charge on any atom is 0.272 e. The lowest BCUT2D eigenvalue weighted by Crippen LogP contribution is -2.30. The van der Waals surface area contributed by atoms with E-state index in [-0.39, 0.29) is 17.2 Å². The van der Waals surface area contributed by atoms with Crippen molar-refractivity contribution in [2.24, 2.45) is 0 Å². The van der Waals surface area contributed by atoms with E-state index in [1.807, 2.05) is 30.5 Å². The van der Waals surface area contributed by atoms with Gasteiger partial charge in [-0.3, -0.25) is 14.4 Å². The van der Waals surface area contributed by atoms with Crippen LogP contribution in [0.4, 0.5) is 15.2 Å². The molecule has 0 aliphatic heterocycles. The number of thiazole rings is 1. The molecule has 1 heterocycles. The minimum Gasteiger partial charge on any atom is -0.321 e. The summed E-state index contributed by atoms with van der Waals surface area (Å²) < 4.78 is 14.4. The van der Waals surface area contributed by atoms with Gasteiger partial charge in [0.2, 0.25) is 5.91 Å². The summed E-state index contributed by atoms with van der Waals surface area (Å²) in [4.78, 5) is 44.6. The van der Waals surface area contributed by atoms with E-state index in [9.17, 15) is 18.8 Å². The van der Waals surface area contributed by atoms with Crippen molar-refractivity contribution in [3.63, 3.8) is 0 Å². The molecule has 0 saturated heterocycles. The summed E-state index contributed by atoms with van der Waals surface area (Å²) in [5.74, 6) is -1.84. The molecule has 238 valence electrons. The quantitative estimate of drug-likeness (QED) is 0.1000. The van der Waals surface area contributed by atoms with Gasteiger partial charge in [-0.2, -0.15) is 0 Å². The highest BCUT2D eigenvalue weighted by molar-refractivity contribution is 8.00. The van der Waals surface area contributed by atoms with Crippen LogP contribution in [0.25, 0.3) is 28.1 Å². The van der Waals surface area contributed by atoms with Gasteiger partial charge in [-0.25, -0.2) is 9.37 Å². The van der Waals surface area contributed by atoms with Crippen LogP contribution in [0.1, 0.15) is 22.8 Å². The Balaban J connectivity index is 1.08. The van der Waals surface area contributed by atoms with Crippen LogP contribution in [-0.4, -0.2) is 28.0 Å².